The van der Waals surface area contributed by atoms with Crippen molar-refractivity contribution in [1.29, 1.82) is 0 Å². The fraction of sp³-hybridized carbons (Fsp3) is 0.357. The number of rotatable bonds is 2. The molecule has 3 rings (SSSR count). The number of aryl methyl sites for hydroxylation is 1. The molecule has 0 aliphatic carbocycles. The van der Waals surface area contributed by atoms with E-state index < -0.39 is 0 Å². The molecule has 0 aromatic carbocycles. The summed E-state index contributed by atoms with van der Waals surface area (Å²) in [5.41, 5.74) is 1.85. The summed E-state index contributed by atoms with van der Waals surface area (Å²) in [6.45, 7) is 2.57. The van der Waals surface area contributed by atoms with E-state index in [1.807, 2.05) is 24.0 Å². The van der Waals surface area contributed by atoms with E-state index in [-0.39, 0.29) is 11.9 Å². The molecule has 2 aromatic heterocycles. The van der Waals surface area contributed by atoms with Gasteiger partial charge in [-0.25, -0.2) is 0 Å². The first-order chi connectivity index (χ1) is 9.25. The highest BCUT2D eigenvalue weighted by molar-refractivity contribution is 5.92. The molecule has 0 saturated carbocycles. The molecular formula is C14H15N3O2. The lowest BCUT2D eigenvalue weighted by Crippen LogP contribution is -2.30. The van der Waals surface area contributed by atoms with Gasteiger partial charge in [0.15, 0.2) is 0 Å². The first kappa shape index (κ1) is 11.9. The lowest BCUT2D eigenvalue weighted by atomic mass is 10.1. The van der Waals surface area contributed by atoms with Gasteiger partial charge in [0.05, 0.1) is 11.7 Å². The average molecular weight is 257 g/mol. The van der Waals surface area contributed by atoms with Crippen LogP contribution in [0.4, 0.5) is 0 Å². The molecule has 2 aromatic rings. The van der Waals surface area contributed by atoms with Crippen molar-refractivity contribution in [3.63, 3.8) is 0 Å². The van der Waals surface area contributed by atoms with Gasteiger partial charge < -0.3 is 9.42 Å². The van der Waals surface area contributed by atoms with Crippen LogP contribution in [0, 0.1) is 6.92 Å². The molecule has 1 aliphatic heterocycles. The largest absolute Gasteiger partial charge is 0.351 e. The van der Waals surface area contributed by atoms with E-state index in [0.717, 1.165) is 30.6 Å². The Kier molecular flexibility index (Phi) is 3.03. The van der Waals surface area contributed by atoms with Gasteiger partial charge in [0, 0.05) is 25.0 Å². The van der Waals surface area contributed by atoms with Crippen LogP contribution >= 0.6 is 0 Å². The third kappa shape index (κ3) is 2.23. The van der Waals surface area contributed by atoms with E-state index in [2.05, 4.69) is 10.1 Å². The Labute approximate surface area is 111 Å². The number of nitrogens with zero attached hydrogens (tertiary/aromatic N) is 3. The predicted molar refractivity (Wildman–Crippen MR) is 68.5 cm³/mol. The number of aromatic nitrogens is 2. The summed E-state index contributed by atoms with van der Waals surface area (Å²) in [5.74, 6) is 0.235. The van der Waals surface area contributed by atoms with E-state index in [1.165, 1.54) is 0 Å². The van der Waals surface area contributed by atoms with Crippen molar-refractivity contribution < 1.29 is 9.32 Å². The first-order valence-electron chi connectivity index (χ1n) is 6.40. The van der Waals surface area contributed by atoms with Crippen molar-refractivity contribution in [3.05, 3.63) is 47.6 Å². The standard InChI is InChI=1S/C14H15N3O2/c1-10-9-13(19-16-10)14(18)17-8-2-3-12(17)11-4-6-15-7-5-11/h4-7,9,12H,2-3,8H2,1H3. The average Bonchev–Trinajstić information content (AvgIpc) is 3.07. The van der Waals surface area contributed by atoms with Crippen LogP contribution in [0.1, 0.15) is 40.7 Å². The van der Waals surface area contributed by atoms with Crippen LogP contribution in [-0.4, -0.2) is 27.5 Å². The van der Waals surface area contributed by atoms with Gasteiger partial charge in [0.1, 0.15) is 0 Å². The van der Waals surface area contributed by atoms with Crippen molar-refractivity contribution in [1.82, 2.24) is 15.0 Å². The smallest absolute Gasteiger partial charge is 0.292 e. The monoisotopic (exact) mass is 257 g/mol. The van der Waals surface area contributed by atoms with Crippen LogP contribution in [0.2, 0.25) is 0 Å². The van der Waals surface area contributed by atoms with Gasteiger partial charge >= 0.3 is 0 Å². The summed E-state index contributed by atoms with van der Waals surface area (Å²) < 4.78 is 5.07. The number of hydrogen-bond donors (Lipinski definition) is 0. The SMILES string of the molecule is Cc1cc(C(=O)N2CCCC2c2ccncc2)on1. The van der Waals surface area contributed by atoms with Crippen LogP contribution in [0.15, 0.2) is 35.1 Å². The second-order valence-electron chi connectivity index (χ2n) is 4.77. The van der Waals surface area contributed by atoms with Crippen molar-refractivity contribution >= 4 is 5.91 Å². The van der Waals surface area contributed by atoms with Crippen molar-refractivity contribution in [2.75, 3.05) is 6.54 Å². The third-order valence-corrected chi connectivity index (χ3v) is 3.44. The molecule has 0 bridgehead atoms. The number of pyridine rings is 1. The summed E-state index contributed by atoms with van der Waals surface area (Å²) in [4.78, 5) is 18.3. The minimum Gasteiger partial charge on any atom is -0.351 e. The molecule has 0 radical (unpaired) electrons. The molecule has 1 atom stereocenters. The van der Waals surface area contributed by atoms with Crippen LogP contribution in [0.5, 0.6) is 0 Å². The Morgan fingerprint density at radius 3 is 2.89 bits per heavy atom. The Bertz CT molecular complexity index is 579. The lowest BCUT2D eigenvalue weighted by Gasteiger charge is -2.23. The highest BCUT2D eigenvalue weighted by atomic mass is 16.5. The highest BCUT2D eigenvalue weighted by Crippen LogP contribution is 2.32. The molecule has 19 heavy (non-hydrogen) atoms. The minimum atomic E-state index is -0.0834. The highest BCUT2D eigenvalue weighted by Gasteiger charge is 2.32. The molecule has 3 heterocycles. The third-order valence-electron chi connectivity index (χ3n) is 3.44. The van der Waals surface area contributed by atoms with E-state index >= 15 is 0 Å². The zero-order valence-corrected chi connectivity index (χ0v) is 10.7. The lowest BCUT2D eigenvalue weighted by molar-refractivity contribution is 0.0693. The second kappa shape index (κ2) is 4.84. The maximum absolute atomic E-state index is 12.4. The summed E-state index contributed by atoms with van der Waals surface area (Å²) in [6.07, 6.45) is 5.50. The van der Waals surface area contributed by atoms with Gasteiger partial charge in [-0.15, -0.1) is 0 Å². The Morgan fingerprint density at radius 1 is 1.42 bits per heavy atom. The van der Waals surface area contributed by atoms with Crippen LogP contribution in [0.25, 0.3) is 0 Å². The van der Waals surface area contributed by atoms with E-state index in [0.29, 0.717) is 5.76 Å². The number of carbonyl (C=O) groups is 1. The van der Waals surface area contributed by atoms with Gasteiger partial charge in [-0.1, -0.05) is 5.16 Å². The van der Waals surface area contributed by atoms with Crippen LogP contribution in [0.3, 0.4) is 0 Å². The van der Waals surface area contributed by atoms with Gasteiger partial charge in [-0.3, -0.25) is 9.78 Å². The topological polar surface area (TPSA) is 59.2 Å². The molecule has 1 unspecified atom stereocenters. The molecule has 1 saturated heterocycles. The first-order valence-corrected chi connectivity index (χ1v) is 6.40. The van der Waals surface area contributed by atoms with E-state index in [4.69, 9.17) is 4.52 Å². The zero-order chi connectivity index (χ0) is 13.2. The molecule has 1 amide bonds. The van der Waals surface area contributed by atoms with Crippen molar-refractivity contribution in [3.8, 4) is 0 Å². The Hall–Kier alpha value is -2.17. The van der Waals surface area contributed by atoms with Gasteiger partial charge in [-0.05, 0) is 37.5 Å². The van der Waals surface area contributed by atoms with E-state index in [9.17, 15) is 4.79 Å². The summed E-state index contributed by atoms with van der Waals surface area (Å²) in [7, 11) is 0. The Morgan fingerprint density at radius 2 is 2.21 bits per heavy atom. The normalized spacial score (nSPS) is 18.8. The molecular weight excluding hydrogens is 242 g/mol. The minimum absolute atomic E-state index is 0.0834. The van der Waals surface area contributed by atoms with E-state index in [1.54, 1.807) is 18.5 Å². The van der Waals surface area contributed by atoms with Crippen LogP contribution in [-0.2, 0) is 0 Å². The van der Waals surface area contributed by atoms with Gasteiger partial charge in [-0.2, -0.15) is 0 Å². The fourth-order valence-electron chi connectivity index (χ4n) is 2.55. The number of likely N-dealkylation sites (tertiary alicyclic amines) is 1. The molecule has 1 fully saturated rings. The molecule has 1 aliphatic rings. The predicted octanol–water partition coefficient (Wildman–Crippen LogP) is 2.36. The number of hydrogen-bond acceptors (Lipinski definition) is 4. The maximum atomic E-state index is 12.4. The molecule has 5 heteroatoms. The summed E-state index contributed by atoms with van der Waals surface area (Å²) in [6, 6.07) is 5.72. The zero-order valence-electron chi connectivity index (χ0n) is 10.7. The molecule has 5 nitrogen and oxygen atoms in total. The maximum Gasteiger partial charge on any atom is 0.292 e. The summed E-state index contributed by atoms with van der Waals surface area (Å²) >= 11 is 0. The van der Waals surface area contributed by atoms with Crippen LogP contribution < -0.4 is 0 Å². The summed E-state index contributed by atoms with van der Waals surface area (Å²) in [5, 5.41) is 3.77. The fourth-order valence-corrected chi connectivity index (χ4v) is 2.55. The second-order valence-corrected chi connectivity index (χ2v) is 4.77. The molecule has 0 spiro atoms. The Balaban J connectivity index is 1.86. The van der Waals surface area contributed by atoms with Crippen molar-refractivity contribution in [2.45, 2.75) is 25.8 Å². The molecule has 0 N–H and O–H groups in total. The number of amides is 1. The van der Waals surface area contributed by atoms with Gasteiger partial charge in [0.25, 0.3) is 5.91 Å². The molecule has 98 valence electrons. The number of carbonyl (C=O) groups excluding carboxylic acids is 1. The van der Waals surface area contributed by atoms with Crippen molar-refractivity contribution in [2.24, 2.45) is 0 Å². The van der Waals surface area contributed by atoms with Gasteiger partial charge in [0.2, 0.25) is 5.76 Å². The quantitative estimate of drug-likeness (QED) is 0.828.